The van der Waals surface area contributed by atoms with E-state index >= 15 is 0 Å². The maximum Gasteiger partial charge on any atom is 0.340 e. The SMILES string of the molecule is CNc1ccc([N+](=O)[O-])cc1C(=O)OCC(=O)c1ccccc1Cl. The standard InChI is InChI=1S/C16H13ClN2O5/c1-18-14-7-6-10(19(22)23)8-12(14)16(21)24-9-15(20)11-4-2-3-5-13(11)17/h2-8,18H,9H2,1H3. The number of hydrogen-bond donors (Lipinski definition) is 1. The number of Topliss-reactive ketones (excluding diaryl/α,β-unsaturated/α-hetero) is 1. The van der Waals surface area contributed by atoms with E-state index in [2.05, 4.69) is 5.32 Å². The molecule has 0 atom stereocenters. The van der Waals surface area contributed by atoms with Crippen LogP contribution in [0.3, 0.4) is 0 Å². The first kappa shape index (κ1) is 17.4. The van der Waals surface area contributed by atoms with E-state index in [0.29, 0.717) is 5.69 Å². The number of nitrogens with one attached hydrogen (secondary N) is 1. The van der Waals surface area contributed by atoms with Gasteiger partial charge in [-0.15, -0.1) is 0 Å². The molecule has 124 valence electrons. The molecular formula is C16H13ClN2O5. The Bertz CT molecular complexity index is 807. The topological polar surface area (TPSA) is 98.5 Å². The first-order valence-corrected chi connectivity index (χ1v) is 7.23. The highest BCUT2D eigenvalue weighted by Gasteiger charge is 2.19. The lowest BCUT2D eigenvalue weighted by atomic mass is 10.1. The van der Waals surface area contributed by atoms with E-state index in [1.165, 1.54) is 18.2 Å². The van der Waals surface area contributed by atoms with E-state index in [9.17, 15) is 19.7 Å². The van der Waals surface area contributed by atoms with Crippen LogP contribution in [0.5, 0.6) is 0 Å². The third-order valence-electron chi connectivity index (χ3n) is 3.21. The van der Waals surface area contributed by atoms with E-state index in [1.54, 1.807) is 25.2 Å². The molecule has 0 amide bonds. The summed E-state index contributed by atoms with van der Waals surface area (Å²) in [4.78, 5) is 34.4. The van der Waals surface area contributed by atoms with Gasteiger partial charge in [0.1, 0.15) is 0 Å². The summed E-state index contributed by atoms with van der Waals surface area (Å²) < 4.78 is 4.97. The van der Waals surface area contributed by atoms with Crippen LogP contribution in [0.1, 0.15) is 20.7 Å². The summed E-state index contributed by atoms with van der Waals surface area (Å²) in [5.74, 6) is -1.31. The molecule has 7 nitrogen and oxygen atoms in total. The van der Waals surface area contributed by atoms with E-state index in [4.69, 9.17) is 16.3 Å². The Labute approximate surface area is 142 Å². The van der Waals surface area contributed by atoms with Gasteiger partial charge in [0.25, 0.3) is 5.69 Å². The smallest absolute Gasteiger partial charge is 0.340 e. The summed E-state index contributed by atoms with van der Waals surface area (Å²) in [6.45, 7) is -0.519. The fourth-order valence-corrected chi connectivity index (χ4v) is 2.25. The van der Waals surface area contributed by atoms with Crippen LogP contribution >= 0.6 is 11.6 Å². The number of halogens is 1. The van der Waals surface area contributed by atoms with Crippen LogP contribution in [0.2, 0.25) is 5.02 Å². The molecule has 24 heavy (non-hydrogen) atoms. The van der Waals surface area contributed by atoms with Gasteiger partial charge in [0.2, 0.25) is 5.78 Å². The number of carbonyl (C=O) groups excluding carboxylic acids is 2. The van der Waals surface area contributed by atoms with E-state index in [1.807, 2.05) is 0 Å². The molecule has 0 saturated heterocycles. The molecule has 2 aromatic carbocycles. The average Bonchev–Trinajstić information content (AvgIpc) is 2.59. The number of hydrogen-bond acceptors (Lipinski definition) is 6. The van der Waals surface area contributed by atoms with Gasteiger partial charge in [-0.3, -0.25) is 14.9 Å². The predicted octanol–water partition coefficient (Wildman–Crippen LogP) is 3.33. The summed E-state index contributed by atoms with van der Waals surface area (Å²) in [6.07, 6.45) is 0. The van der Waals surface area contributed by atoms with Gasteiger partial charge >= 0.3 is 5.97 Å². The second kappa shape index (κ2) is 7.56. The van der Waals surface area contributed by atoms with Crippen LogP contribution in [0.25, 0.3) is 0 Å². The molecule has 0 bridgehead atoms. The zero-order valence-electron chi connectivity index (χ0n) is 12.6. The van der Waals surface area contributed by atoms with Gasteiger partial charge in [-0.05, 0) is 18.2 Å². The number of benzene rings is 2. The van der Waals surface area contributed by atoms with Crippen molar-refractivity contribution < 1.29 is 19.2 Å². The lowest BCUT2D eigenvalue weighted by Gasteiger charge is -2.09. The number of non-ortho nitro benzene ring substituents is 1. The second-order valence-electron chi connectivity index (χ2n) is 4.72. The van der Waals surface area contributed by atoms with Crippen molar-refractivity contribution in [3.8, 4) is 0 Å². The van der Waals surface area contributed by atoms with Crippen LogP contribution in [0, 0.1) is 10.1 Å². The molecule has 0 aliphatic carbocycles. The molecule has 0 fully saturated rings. The number of nitro benzene ring substituents is 1. The van der Waals surface area contributed by atoms with Gasteiger partial charge < -0.3 is 10.1 Å². The fourth-order valence-electron chi connectivity index (χ4n) is 2.01. The Kier molecular flexibility index (Phi) is 5.49. The van der Waals surface area contributed by atoms with Crippen LogP contribution in [-0.4, -0.2) is 30.3 Å². The minimum Gasteiger partial charge on any atom is -0.454 e. The van der Waals surface area contributed by atoms with Crippen molar-refractivity contribution in [3.63, 3.8) is 0 Å². The minimum atomic E-state index is -0.844. The maximum absolute atomic E-state index is 12.1. The molecule has 0 unspecified atom stereocenters. The summed E-state index contributed by atoms with van der Waals surface area (Å²) >= 11 is 5.91. The van der Waals surface area contributed by atoms with Crippen molar-refractivity contribution in [2.24, 2.45) is 0 Å². The zero-order valence-corrected chi connectivity index (χ0v) is 13.4. The van der Waals surface area contributed by atoms with Crippen LogP contribution in [0.15, 0.2) is 42.5 Å². The van der Waals surface area contributed by atoms with Crippen molar-refractivity contribution in [3.05, 3.63) is 68.7 Å². The lowest BCUT2D eigenvalue weighted by molar-refractivity contribution is -0.384. The molecule has 1 N–H and O–H groups in total. The van der Waals surface area contributed by atoms with Crippen molar-refractivity contribution in [1.82, 2.24) is 0 Å². The molecule has 0 aromatic heterocycles. The highest BCUT2D eigenvalue weighted by atomic mass is 35.5. The van der Waals surface area contributed by atoms with Crippen molar-refractivity contribution in [2.45, 2.75) is 0 Å². The van der Waals surface area contributed by atoms with E-state index in [0.717, 1.165) is 6.07 Å². The first-order chi connectivity index (χ1) is 11.4. The van der Waals surface area contributed by atoms with Crippen LogP contribution in [0.4, 0.5) is 11.4 Å². The second-order valence-corrected chi connectivity index (χ2v) is 5.12. The molecule has 0 aliphatic heterocycles. The van der Waals surface area contributed by atoms with Gasteiger partial charge in [0.15, 0.2) is 6.61 Å². The number of anilines is 1. The first-order valence-electron chi connectivity index (χ1n) is 6.85. The molecule has 0 saturated carbocycles. The molecule has 2 aromatic rings. The normalized spacial score (nSPS) is 10.1. The number of nitro groups is 1. The monoisotopic (exact) mass is 348 g/mol. The quantitative estimate of drug-likeness (QED) is 0.372. The van der Waals surface area contributed by atoms with Crippen LogP contribution < -0.4 is 5.32 Å². The van der Waals surface area contributed by atoms with Gasteiger partial charge in [-0.25, -0.2) is 4.79 Å². The summed E-state index contributed by atoms with van der Waals surface area (Å²) in [5, 5.41) is 13.8. The Balaban J connectivity index is 2.15. The summed E-state index contributed by atoms with van der Waals surface area (Å²) in [7, 11) is 1.56. The van der Waals surface area contributed by atoms with Gasteiger partial charge in [-0.2, -0.15) is 0 Å². The molecule has 0 radical (unpaired) electrons. The van der Waals surface area contributed by atoms with Gasteiger partial charge in [0.05, 0.1) is 15.5 Å². The molecule has 0 heterocycles. The number of nitrogens with zero attached hydrogens (tertiary/aromatic N) is 1. The van der Waals surface area contributed by atoms with Gasteiger partial charge in [0, 0.05) is 30.4 Å². The zero-order chi connectivity index (χ0) is 17.7. The number of ketones is 1. The Morgan fingerprint density at radius 2 is 1.92 bits per heavy atom. The molecule has 0 aliphatic rings. The lowest BCUT2D eigenvalue weighted by Crippen LogP contribution is -2.16. The molecule has 2 rings (SSSR count). The highest BCUT2D eigenvalue weighted by Crippen LogP contribution is 2.23. The van der Waals surface area contributed by atoms with Crippen molar-refractivity contribution >= 4 is 34.7 Å². The number of ether oxygens (including phenoxy) is 1. The van der Waals surface area contributed by atoms with Crippen molar-refractivity contribution in [1.29, 1.82) is 0 Å². The Morgan fingerprint density at radius 1 is 1.21 bits per heavy atom. The maximum atomic E-state index is 12.1. The average molecular weight is 349 g/mol. The van der Waals surface area contributed by atoms with E-state index in [-0.39, 0.29) is 21.8 Å². The highest BCUT2D eigenvalue weighted by molar-refractivity contribution is 6.34. The van der Waals surface area contributed by atoms with Crippen LogP contribution in [-0.2, 0) is 4.74 Å². The third-order valence-corrected chi connectivity index (χ3v) is 3.54. The third kappa shape index (κ3) is 3.88. The van der Waals surface area contributed by atoms with E-state index < -0.39 is 23.3 Å². The fraction of sp³-hybridized carbons (Fsp3) is 0.125. The summed E-state index contributed by atoms with van der Waals surface area (Å²) in [6, 6.07) is 10.1. The molecule has 8 heteroatoms. The largest absolute Gasteiger partial charge is 0.454 e. The van der Waals surface area contributed by atoms with Crippen molar-refractivity contribution in [2.75, 3.05) is 19.0 Å². The molecule has 0 spiro atoms. The molecular weight excluding hydrogens is 336 g/mol. The minimum absolute atomic E-state index is 0.0290. The summed E-state index contributed by atoms with van der Waals surface area (Å²) in [5.41, 5.74) is 0.313. The predicted molar refractivity (Wildman–Crippen MR) is 88.7 cm³/mol. The number of rotatable bonds is 6. The van der Waals surface area contributed by atoms with Gasteiger partial charge in [-0.1, -0.05) is 23.7 Å². The Morgan fingerprint density at radius 3 is 2.54 bits per heavy atom. The number of carbonyl (C=O) groups is 2. The Hall–Kier alpha value is -2.93. The number of esters is 1.